The molecule has 1 aromatic carbocycles. The van der Waals surface area contributed by atoms with Crippen LogP contribution in [0.1, 0.15) is 31.1 Å². The van der Waals surface area contributed by atoms with E-state index >= 15 is 0 Å². The van der Waals surface area contributed by atoms with Gasteiger partial charge in [0, 0.05) is 19.5 Å². The zero-order valence-corrected chi connectivity index (χ0v) is 12.2. The number of hydrogen-bond acceptors (Lipinski definition) is 3. The first-order valence-electron chi connectivity index (χ1n) is 4.41. The Balaban J connectivity index is 0.00000196. The zero-order chi connectivity index (χ0) is 10.8. The monoisotopic (exact) mass is 258 g/mol. The molecule has 0 radical (unpaired) electrons. The van der Waals surface area contributed by atoms with Crippen LogP contribution in [0.25, 0.3) is 0 Å². The average molecular weight is 260 g/mol. The number of esters is 1. The topological polar surface area (TPSA) is 46.5 Å². The fourth-order valence-corrected chi connectivity index (χ4v) is 0.979. The van der Waals surface area contributed by atoms with E-state index in [-0.39, 0.29) is 30.8 Å². The van der Waals surface area contributed by atoms with Crippen LogP contribution < -0.4 is 0 Å². The third-order valence-electron chi connectivity index (χ3n) is 1.52. The van der Waals surface area contributed by atoms with Gasteiger partial charge in [0.15, 0.2) is 0 Å². The maximum atomic E-state index is 11.5. The van der Waals surface area contributed by atoms with E-state index in [2.05, 4.69) is 0 Å². The van der Waals surface area contributed by atoms with Crippen molar-refractivity contribution in [3.63, 3.8) is 0 Å². The van der Waals surface area contributed by atoms with Crippen LogP contribution in [-0.4, -0.2) is 16.7 Å². The molecule has 15 heavy (non-hydrogen) atoms. The van der Waals surface area contributed by atoms with Crippen molar-refractivity contribution < 1.29 is 34.1 Å². The molecule has 1 N–H and O–H groups in total. The van der Waals surface area contributed by atoms with Gasteiger partial charge in [-0.3, -0.25) is 0 Å². The maximum Gasteiger partial charge on any atom is 0.342 e. The third kappa shape index (κ3) is 4.43. The van der Waals surface area contributed by atoms with Crippen LogP contribution in [0.2, 0.25) is 0 Å². The first-order valence-corrected chi connectivity index (χ1v) is 4.41. The summed E-state index contributed by atoms with van der Waals surface area (Å²) in [5.41, 5.74) is -0.346. The number of ether oxygens (including phenoxy) is 1. The molecule has 4 heteroatoms. The van der Waals surface area contributed by atoms with Gasteiger partial charge in [-0.15, -0.1) is 0 Å². The maximum absolute atomic E-state index is 11.5. The first-order chi connectivity index (χ1) is 6.40. The zero-order valence-electron chi connectivity index (χ0n) is 9.28. The number of benzene rings is 1. The Morgan fingerprint density at radius 3 is 2.27 bits per heavy atom. The van der Waals surface area contributed by atoms with Gasteiger partial charge in [-0.25, -0.2) is 4.79 Å². The molecule has 0 unspecified atom stereocenters. The smallest absolute Gasteiger partial charge is 0.342 e. The minimum absolute atomic E-state index is 0. The van der Waals surface area contributed by atoms with Crippen LogP contribution in [0.15, 0.2) is 24.3 Å². The van der Waals surface area contributed by atoms with Crippen LogP contribution in [-0.2, 0) is 24.2 Å². The summed E-state index contributed by atoms with van der Waals surface area (Å²) in [7, 11) is 0. The molecule has 0 spiro atoms. The molecule has 0 heterocycles. The Morgan fingerprint density at radius 2 is 1.80 bits per heavy atom. The molecule has 3 nitrogen and oxygen atoms in total. The quantitative estimate of drug-likeness (QED) is 0.622. The van der Waals surface area contributed by atoms with E-state index in [0.717, 1.165) is 0 Å². The fourth-order valence-electron chi connectivity index (χ4n) is 0.979. The number of phenols is 1. The average Bonchev–Trinajstić information content (AvgIpc) is 2.01. The minimum atomic E-state index is -0.542. The number of aromatic hydroxyl groups is 1. The van der Waals surface area contributed by atoms with Gasteiger partial charge in [-0.2, -0.15) is 0 Å². The summed E-state index contributed by atoms with van der Waals surface area (Å²) >= 11 is 0. The molecule has 0 aliphatic carbocycles. The van der Waals surface area contributed by atoms with Gasteiger partial charge in [0.25, 0.3) is 0 Å². The van der Waals surface area contributed by atoms with E-state index in [4.69, 9.17) is 4.74 Å². The van der Waals surface area contributed by atoms with Crippen molar-refractivity contribution in [2.45, 2.75) is 26.4 Å². The largest absolute Gasteiger partial charge is 0.507 e. The fraction of sp³-hybridized carbons (Fsp3) is 0.364. The molecule has 0 saturated heterocycles. The Labute approximate surface area is 102 Å². The van der Waals surface area contributed by atoms with Crippen LogP contribution in [0.4, 0.5) is 0 Å². The molecule has 0 aliphatic rings. The Kier molecular flexibility index (Phi) is 4.96. The van der Waals surface area contributed by atoms with Gasteiger partial charge < -0.3 is 9.84 Å². The van der Waals surface area contributed by atoms with Crippen molar-refractivity contribution in [1.82, 2.24) is 0 Å². The summed E-state index contributed by atoms with van der Waals surface area (Å²) in [6, 6.07) is 6.32. The molecule has 0 saturated carbocycles. The summed E-state index contributed by atoms with van der Waals surface area (Å²) < 4.78 is 5.11. The van der Waals surface area contributed by atoms with Gasteiger partial charge in [0.1, 0.15) is 16.9 Å². The molecule has 78 valence electrons. The second-order valence-electron chi connectivity index (χ2n) is 4.02. The second-order valence-corrected chi connectivity index (χ2v) is 4.02. The normalized spacial score (nSPS) is 10.3. The standard InChI is InChI=1S/C11H14O3.Zn/c1-11(2,3)14-10(13)8-6-4-5-7-9(8)12;/h4-7,12H,1-3H3;. The van der Waals surface area contributed by atoms with Crippen molar-refractivity contribution in [1.29, 1.82) is 0 Å². The molecule has 0 aliphatic heterocycles. The molecular formula is C11H14O3Zn. The van der Waals surface area contributed by atoms with Gasteiger partial charge in [0.2, 0.25) is 0 Å². The summed E-state index contributed by atoms with van der Waals surface area (Å²) in [4.78, 5) is 11.5. The van der Waals surface area contributed by atoms with Crippen LogP contribution in [0.5, 0.6) is 5.75 Å². The third-order valence-corrected chi connectivity index (χ3v) is 1.52. The summed E-state index contributed by atoms with van der Waals surface area (Å²) in [6.07, 6.45) is 0. The Morgan fingerprint density at radius 1 is 1.27 bits per heavy atom. The van der Waals surface area contributed by atoms with Crippen molar-refractivity contribution in [2.75, 3.05) is 0 Å². The number of hydrogen-bond donors (Lipinski definition) is 1. The second kappa shape index (κ2) is 5.27. The summed E-state index contributed by atoms with van der Waals surface area (Å²) in [5.74, 6) is -0.558. The Hall–Kier alpha value is -0.887. The number of para-hydroxylation sites is 1. The van der Waals surface area contributed by atoms with E-state index in [1.54, 1.807) is 32.9 Å². The molecule has 0 bridgehead atoms. The van der Waals surface area contributed by atoms with E-state index in [1.165, 1.54) is 12.1 Å². The van der Waals surface area contributed by atoms with Crippen LogP contribution in [0, 0.1) is 0 Å². The molecule has 0 aromatic heterocycles. The van der Waals surface area contributed by atoms with E-state index in [9.17, 15) is 9.90 Å². The molecule has 0 atom stereocenters. The van der Waals surface area contributed by atoms with E-state index in [1.807, 2.05) is 0 Å². The van der Waals surface area contributed by atoms with Gasteiger partial charge in [-0.05, 0) is 32.9 Å². The van der Waals surface area contributed by atoms with Crippen LogP contribution in [0.3, 0.4) is 0 Å². The summed E-state index contributed by atoms with van der Waals surface area (Å²) in [5, 5.41) is 9.38. The van der Waals surface area contributed by atoms with Gasteiger partial charge >= 0.3 is 5.97 Å². The predicted molar refractivity (Wildman–Crippen MR) is 53.3 cm³/mol. The van der Waals surface area contributed by atoms with Crippen molar-refractivity contribution >= 4 is 5.97 Å². The number of carbonyl (C=O) groups is 1. The molecule has 0 amide bonds. The SMILES string of the molecule is CC(C)(C)OC(=O)c1ccccc1O.[Zn]. The Bertz CT molecular complexity index is 342. The van der Waals surface area contributed by atoms with Gasteiger partial charge in [-0.1, -0.05) is 12.1 Å². The molecular weight excluding hydrogens is 246 g/mol. The van der Waals surface area contributed by atoms with Crippen molar-refractivity contribution in [2.24, 2.45) is 0 Å². The number of carbonyl (C=O) groups excluding carboxylic acids is 1. The molecule has 0 fully saturated rings. The van der Waals surface area contributed by atoms with Gasteiger partial charge in [0.05, 0.1) is 0 Å². The van der Waals surface area contributed by atoms with Crippen LogP contribution >= 0.6 is 0 Å². The molecule has 1 rings (SSSR count). The summed E-state index contributed by atoms with van der Waals surface area (Å²) in [6.45, 7) is 5.35. The predicted octanol–water partition coefficient (Wildman–Crippen LogP) is 2.35. The number of rotatable bonds is 1. The van der Waals surface area contributed by atoms with Crippen molar-refractivity contribution in [3.8, 4) is 5.75 Å². The van der Waals surface area contributed by atoms with E-state index < -0.39 is 11.6 Å². The first kappa shape index (κ1) is 14.1. The number of phenolic OH excluding ortho intramolecular Hbond substituents is 1. The van der Waals surface area contributed by atoms with Crippen molar-refractivity contribution in [3.05, 3.63) is 29.8 Å². The van der Waals surface area contributed by atoms with E-state index in [0.29, 0.717) is 0 Å². The molecule has 1 aromatic rings. The minimum Gasteiger partial charge on any atom is -0.507 e.